The van der Waals surface area contributed by atoms with Gasteiger partial charge in [-0.15, -0.1) is 0 Å². The van der Waals surface area contributed by atoms with E-state index in [9.17, 15) is 9.18 Å². The van der Waals surface area contributed by atoms with Crippen LogP contribution in [0.5, 0.6) is 0 Å². The molecule has 0 saturated carbocycles. The lowest BCUT2D eigenvalue weighted by Gasteiger charge is -2.39. The summed E-state index contributed by atoms with van der Waals surface area (Å²) in [5.41, 5.74) is 7.47. The number of carbonyl (C=O) groups excluding carboxylic acids is 1. The van der Waals surface area contributed by atoms with Crippen molar-refractivity contribution in [2.24, 2.45) is 5.92 Å². The Morgan fingerprint density at radius 3 is 2.60 bits per heavy atom. The maximum Gasteiger partial charge on any atom is 0.225 e. The highest BCUT2D eigenvalue weighted by Gasteiger charge is 2.34. The Morgan fingerprint density at radius 2 is 1.91 bits per heavy atom. The predicted octanol–water partition coefficient (Wildman–Crippen LogP) is 4.39. The first kappa shape index (κ1) is 24.1. The highest BCUT2D eigenvalue weighted by atomic mass is 19.1. The van der Waals surface area contributed by atoms with Gasteiger partial charge >= 0.3 is 0 Å². The molecule has 4 rings (SSSR count). The number of nitrogens with zero attached hydrogens (tertiary/aromatic N) is 4. The molecule has 7 nitrogen and oxygen atoms in total. The molecule has 3 aromatic rings. The summed E-state index contributed by atoms with van der Waals surface area (Å²) >= 11 is 0. The lowest BCUT2D eigenvalue weighted by Crippen LogP contribution is -2.51. The minimum atomic E-state index is -0.618. The van der Waals surface area contributed by atoms with Gasteiger partial charge in [0.05, 0.1) is 22.7 Å². The Kier molecular flexibility index (Phi) is 6.70. The summed E-state index contributed by atoms with van der Waals surface area (Å²) in [6.07, 6.45) is 1.58. The van der Waals surface area contributed by atoms with Gasteiger partial charge in [-0.1, -0.05) is 36.4 Å². The molecule has 180 valence electrons. The van der Waals surface area contributed by atoms with Gasteiger partial charge < -0.3 is 16.0 Å². The third-order valence-electron chi connectivity index (χ3n) is 6.59. The van der Waals surface area contributed by atoms with E-state index in [2.05, 4.69) is 27.1 Å². The lowest BCUT2D eigenvalue weighted by molar-refractivity contribution is -0.127. The van der Waals surface area contributed by atoms with E-state index in [4.69, 9.17) is 11.0 Å². The standard InChI is InChI=1S/C27H29FN6O/c1-17-9-10-20(25(35)33-27(2,3)21-7-5-4-6-8-21)16-34(17)24-14-23(31-26(30)32-24)18-11-12-19(15-29)22(28)13-18/h4-8,11-14,17,20H,9-10,16H2,1-3H3,(H,33,35)(H2,30,31,32)/t17-,20+/m1/s1. The quantitative estimate of drug-likeness (QED) is 0.570. The molecule has 35 heavy (non-hydrogen) atoms. The fourth-order valence-corrected chi connectivity index (χ4v) is 4.49. The van der Waals surface area contributed by atoms with Gasteiger partial charge in [-0.25, -0.2) is 9.37 Å². The molecule has 0 bridgehead atoms. The number of hydrogen-bond acceptors (Lipinski definition) is 6. The van der Waals surface area contributed by atoms with Crippen LogP contribution in [0, 0.1) is 23.1 Å². The van der Waals surface area contributed by atoms with E-state index >= 15 is 0 Å². The molecular formula is C27H29FN6O. The monoisotopic (exact) mass is 472 g/mol. The number of amides is 1. The number of carbonyl (C=O) groups is 1. The number of nitrogens with one attached hydrogen (secondary N) is 1. The first-order chi connectivity index (χ1) is 16.7. The van der Waals surface area contributed by atoms with Crippen LogP contribution in [-0.2, 0) is 10.3 Å². The second-order valence-corrected chi connectivity index (χ2v) is 9.53. The molecule has 8 heteroatoms. The molecule has 0 unspecified atom stereocenters. The van der Waals surface area contributed by atoms with Crippen LogP contribution in [-0.4, -0.2) is 28.5 Å². The predicted molar refractivity (Wildman–Crippen MR) is 134 cm³/mol. The summed E-state index contributed by atoms with van der Waals surface area (Å²) < 4.78 is 14.2. The minimum Gasteiger partial charge on any atom is -0.368 e. The van der Waals surface area contributed by atoms with Crippen molar-refractivity contribution in [1.82, 2.24) is 15.3 Å². The van der Waals surface area contributed by atoms with Gasteiger partial charge in [0.15, 0.2) is 0 Å². The third-order valence-corrected chi connectivity index (χ3v) is 6.59. The van der Waals surface area contributed by atoms with Crippen LogP contribution in [0.3, 0.4) is 0 Å². The van der Waals surface area contributed by atoms with E-state index in [1.807, 2.05) is 50.2 Å². The average Bonchev–Trinajstić information content (AvgIpc) is 2.84. The zero-order chi connectivity index (χ0) is 25.2. The van der Waals surface area contributed by atoms with Gasteiger partial charge in [0.1, 0.15) is 17.7 Å². The van der Waals surface area contributed by atoms with Crippen LogP contribution in [0.2, 0.25) is 0 Å². The molecule has 2 atom stereocenters. The van der Waals surface area contributed by atoms with Crippen molar-refractivity contribution in [3.8, 4) is 17.3 Å². The molecule has 3 N–H and O–H groups in total. The number of benzene rings is 2. The van der Waals surface area contributed by atoms with Crippen LogP contribution in [0.15, 0.2) is 54.6 Å². The number of hydrogen-bond donors (Lipinski definition) is 2. The Labute approximate surface area is 204 Å². The van der Waals surface area contributed by atoms with Crippen molar-refractivity contribution >= 4 is 17.7 Å². The van der Waals surface area contributed by atoms with E-state index in [1.165, 1.54) is 12.1 Å². The molecule has 1 fully saturated rings. The molecule has 1 aliphatic rings. The number of piperidine rings is 1. The SMILES string of the molecule is C[C@@H]1CC[C@H](C(=O)NC(C)(C)c2ccccc2)CN1c1cc(-c2ccc(C#N)c(F)c2)nc(N)n1. The topological polar surface area (TPSA) is 108 Å². The van der Waals surface area contributed by atoms with Crippen molar-refractivity contribution in [2.75, 3.05) is 17.2 Å². The molecule has 2 aromatic carbocycles. The molecule has 0 radical (unpaired) electrons. The normalized spacial score (nSPS) is 18.1. The van der Waals surface area contributed by atoms with Crippen LogP contribution in [0.25, 0.3) is 11.3 Å². The van der Waals surface area contributed by atoms with Gasteiger partial charge in [0, 0.05) is 24.2 Å². The number of nitriles is 1. The highest BCUT2D eigenvalue weighted by molar-refractivity contribution is 5.80. The van der Waals surface area contributed by atoms with Crippen LogP contribution < -0.4 is 16.0 Å². The van der Waals surface area contributed by atoms with Crippen molar-refractivity contribution in [1.29, 1.82) is 5.26 Å². The first-order valence-corrected chi connectivity index (χ1v) is 11.7. The second-order valence-electron chi connectivity index (χ2n) is 9.53. The summed E-state index contributed by atoms with van der Waals surface area (Å²) in [4.78, 5) is 24.0. The number of rotatable bonds is 5. The lowest BCUT2D eigenvalue weighted by atomic mass is 9.89. The summed E-state index contributed by atoms with van der Waals surface area (Å²) in [6.45, 7) is 6.56. The van der Waals surface area contributed by atoms with Crippen molar-refractivity contribution in [3.63, 3.8) is 0 Å². The van der Waals surface area contributed by atoms with E-state index < -0.39 is 11.4 Å². The maximum atomic E-state index is 14.2. The van der Waals surface area contributed by atoms with Crippen molar-refractivity contribution in [3.05, 3.63) is 71.5 Å². The van der Waals surface area contributed by atoms with Gasteiger partial charge in [-0.2, -0.15) is 10.2 Å². The highest BCUT2D eigenvalue weighted by Crippen LogP contribution is 2.31. The Bertz CT molecular complexity index is 1270. The van der Waals surface area contributed by atoms with Crippen LogP contribution in [0.1, 0.15) is 44.7 Å². The van der Waals surface area contributed by atoms with E-state index in [0.29, 0.717) is 23.6 Å². The first-order valence-electron chi connectivity index (χ1n) is 11.7. The smallest absolute Gasteiger partial charge is 0.225 e. The molecule has 2 heterocycles. The summed E-state index contributed by atoms with van der Waals surface area (Å²) in [5.74, 6) is -0.197. The van der Waals surface area contributed by atoms with E-state index in [-0.39, 0.29) is 29.4 Å². The largest absolute Gasteiger partial charge is 0.368 e. The van der Waals surface area contributed by atoms with Crippen molar-refractivity contribution < 1.29 is 9.18 Å². The fraction of sp³-hybridized carbons (Fsp3) is 0.333. The van der Waals surface area contributed by atoms with Crippen molar-refractivity contribution in [2.45, 2.75) is 45.2 Å². The number of anilines is 2. The summed E-state index contributed by atoms with van der Waals surface area (Å²) in [6, 6.07) is 17.9. The van der Waals surface area contributed by atoms with Gasteiger partial charge in [0.25, 0.3) is 0 Å². The molecule has 1 amide bonds. The van der Waals surface area contributed by atoms with E-state index in [0.717, 1.165) is 18.4 Å². The molecular weight excluding hydrogens is 443 g/mol. The molecule has 0 spiro atoms. The Hall–Kier alpha value is -3.99. The third kappa shape index (κ3) is 5.24. The zero-order valence-electron chi connectivity index (χ0n) is 20.1. The minimum absolute atomic E-state index is 0.00725. The number of nitrogens with two attached hydrogens (primary N) is 1. The Morgan fingerprint density at radius 1 is 1.17 bits per heavy atom. The zero-order valence-corrected chi connectivity index (χ0v) is 20.1. The van der Waals surface area contributed by atoms with Gasteiger partial charge in [0.2, 0.25) is 11.9 Å². The van der Waals surface area contributed by atoms with Gasteiger partial charge in [-0.05, 0) is 51.3 Å². The van der Waals surface area contributed by atoms with Gasteiger partial charge in [-0.3, -0.25) is 4.79 Å². The summed E-state index contributed by atoms with van der Waals surface area (Å²) in [5, 5.41) is 12.2. The molecule has 1 aromatic heterocycles. The summed E-state index contributed by atoms with van der Waals surface area (Å²) in [7, 11) is 0. The number of halogens is 1. The number of nitrogen functional groups attached to an aromatic ring is 1. The van der Waals surface area contributed by atoms with Crippen LogP contribution in [0.4, 0.5) is 16.2 Å². The van der Waals surface area contributed by atoms with Crippen LogP contribution >= 0.6 is 0 Å². The number of aromatic nitrogens is 2. The maximum absolute atomic E-state index is 14.2. The average molecular weight is 473 g/mol. The Balaban J connectivity index is 1.56. The molecule has 0 aliphatic carbocycles. The second kappa shape index (κ2) is 9.71. The molecule has 1 saturated heterocycles. The van der Waals surface area contributed by atoms with E-state index in [1.54, 1.807) is 12.1 Å². The molecule has 1 aliphatic heterocycles. The fourth-order valence-electron chi connectivity index (χ4n) is 4.49.